The van der Waals surface area contributed by atoms with Crippen molar-refractivity contribution in [3.63, 3.8) is 0 Å². The normalized spacial score (nSPS) is 19.7. The highest BCUT2D eigenvalue weighted by Crippen LogP contribution is 2.33. The summed E-state index contributed by atoms with van der Waals surface area (Å²) < 4.78 is 1.01. The van der Waals surface area contributed by atoms with Gasteiger partial charge in [0.25, 0.3) is 0 Å². The fourth-order valence-corrected chi connectivity index (χ4v) is 3.70. The molecule has 0 bridgehead atoms. The second-order valence-electron chi connectivity index (χ2n) is 6.16. The van der Waals surface area contributed by atoms with Gasteiger partial charge in [0.2, 0.25) is 0 Å². The second kappa shape index (κ2) is 6.29. The number of rotatable bonds is 1. The van der Waals surface area contributed by atoms with Gasteiger partial charge in [-0.2, -0.15) is 0 Å². The highest BCUT2D eigenvalue weighted by atomic mass is 79.9. The second-order valence-corrected chi connectivity index (χ2v) is 8.50. The molecule has 1 aromatic carbocycles. The van der Waals surface area contributed by atoms with Crippen LogP contribution in [0.4, 0.5) is 5.69 Å². The Bertz CT molecular complexity index is 537. The fourth-order valence-electron chi connectivity index (χ4n) is 2.06. The highest BCUT2D eigenvalue weighted by molar-refractivity contribution is 9.10. The SMILES string of the molecule is Cc1cc(Br)c(NC2=NC(C(C)(C)C)CCS2)cc1Cl. The van der Waals surface area contributed by atoms with Crippen molar-refractivity contribution in [1.29, 1.82) is 0 Å². The lowest BCUT2D eigenvalue weighted by Crippen LogP contribution is -2.30. The summed E-state index contributed by atoms with van der Waals surface area (Å²) in [4.78, 5) is 4.85. The summed E-state index contributed by atoms with van der Waals surface area (Å²) in [5.74, 6) is 1.10. The van der Waals surface area contributed by atoms with Gasteiger partial charge in [0.05, 0.1) is 11.7 Å². The monoisotopic (exact) mass is 374 g/mol. The van der Waals surface area contributed by atoms with Gasteiger partial charge < -0.3 is 5.32 Å². The summed E-state index contributed by atoms with van der Waals surface area (Å²) in [5, 5.41) is 5.15. The maximum Gasteiger partial charge on any atom is 0.161 e. The van der Waals surface area contributed by atoms with Crippen molar-refractivity contribution >= 4 is 50.1 Å². The number of anilines is 1. The van der Waals surface area contributed by atoms with Gasteiger partial charge >= 0.3 is 0 Å². The molecule has 2 rings (SSSR count). The molecular weight excluding hydrogens is 356 g/mol. The summed E-state index contributed by atoms with van der Waals surface area (Å²) >= 11 is 11.5. The molecule has 0 amide bonds. The third-order valence-electron chi connectivity index (χ3n) is 3.39. The van der Waals surface area contributed by atoms with E-state index in [9.17, 15) is 0 Å². The molecule has 1 aromatic rings. The van der Waals surface area contributed by atoms with Gasteiger partial charge in [-0.15, -0.1) is 0 Å². The minimum absolute atomic E-state index is 0.204. The lowest BCUT2D eigenvalue weighted by Gasteiger charge is -2.31. The van der Waals surface area contributed by atoms with Crippen LogP contribution >= 0.6 is 39.3 Å². The lowest BCUT2D eigenvalue weighted by atomic mass is 9.85. The molecule has 0 aromatic heterocycles. The number of amidine groups is 1. The van der Waals surface area contributed by atoms with Crippen LogP contribution in [0, 0.1) is 12.3 Å². The zero-order chi connectivity index (χ0) is 14.9. The molecule has 2 nitrogen and oxygen atoms in total. The summed E-state index contributed by atoms with van der Waals surface area (Å²) in [6.07, 6.45) is 1.13. The molecule has 0 saturated carbocycles. The Labute approximate surface area is 138 Å². The summed E-state index contributed by atoms with van der Waals surface area (Å²) in [5.41, 5.74) is 2.24. The Kier molecular flexibility index (Phi) is 5.09. The van der Waals surface area contributed by atoms with E-state index in [2.05, 4.69) is 42.0 Å². The smallest absolute Gasteiger partial charge is 0.161 e. The van der Waals surface area contributed by atoms with E-state index in [0.29, 0.717) is 6.04 Å². The largest absolute Gasteiger partial charge is 0.334 e. The lowest BCUT2D eigenvalue weighted by molar-refractivity contribution is 0.316. The predicted molar refractivity (Wildman–Crippen MR) is 95.3 cm³/mol. The van der Waals surface area contributed by atoms with Gasteiger partial charge in [-0.3, -0.25) is 4.99 Å². The van der Waals surface area contributed by atoms with Crippen LogP contribution in [0.1, 0.15) is 32.8 Å². The van der Waals surface area contributed by atoms with Crippen molar-refractivity contribution in [2.75, 3.05) is 11.1 Å². The number of aliphatic imine (C=N–C) groups is 1. The van der Waals surface area contributed by atoms with Gasteiger partial charge in [-0.05, 0) is 52.4 Å². The molecular formula is C15H20BrClN2S. The molecule has 0 radical (unpaired) electrons. The molecule has 5 heteroatoms. The summed E-state index contributed by atoms with van der Waals surface area (Å²) in [7, 11) is 0. The minimum Gasteiger partial charge on any atom is -0.334 e. The van der Waals surface area contributed by atoms with E-state index < -0.39 is 0 Å². The van der Waals surface area contributed by atoms with E-state index in [1.165, 1.54) is 0 Å². The number of benzene rings is 1. The molecule has 20 heavy (non-hydrogen) atoms. The van der Waals surface area contributed by atoms with Gasteiger partial charge in [0, 0.05) is 15.2 Å². The zero-order valence-electron chi connectivity index (χ0n) is 12.3. The highest BCUT2D eigenvalue weighted by Gasteiger charge is 2.27. The third kappa shape index (κ3) is 3.92. The van der Waals surface area contributed by atoms with Crippen molar-refractivity contribution in [2.24, 2.45) is 10.4 Å². The Hall–Kier alpha value is -0.190. The molecule has 0 fully saturated rings. The molecule has 1 atom stereocenters. The average Bonchev–Trinajstić information content (AvgIpc) is 2.35. The van der Waals surface area contributed by atoms with Crippen LogP contribution in [-0.4, -0.2) is 17.0 Å². The van der Waals surface area contributed by atoms with Gasteiger partial charge in [0.15, 0.2) is 5.17 Å². The van der Waals surface area contributed by atoms with Crippen molar-refractivity contribution < 1.29 is 0 Å². The quantitative estimate of drug-likeness (QED) is 0.677. The van der Waals surface area contributed by atoms with E-state index in [-0.39, 0.29) is 5.41 Å². The Balaban J connectivity index is 2.21. The number of nitrogens with zero attached hydrogens (tertiary/aromatic N) is 1. The average molecular weight is 376 g/mol. The molecule has 1 unspecified atom stereocenters. The van der Waals surface area contributed by atoms with E-state index in [1.54, 1.807) is 11.8 Å². The van der Waals surface area contributed by atoms with Gasteiger partial charge in [-0.25, -0.2) is 0 Å². The Morgan fingerprint density at radius 2 is 2.10 bits per heavy atom. The molecule has 1 aliphatic heterocycles. The number of aryl methyl sites for hydroxylation is 1. The zero-order valence-corrected chi connectivity index (χ0v) is 15.4. The van der Waals surface area contributed by atoms with Crippen molar-refractivity contribution in [3.8, 4) is 0 Å². The maximum atomic E-state index is 6.20. The maximum absolute atomic E-state index is 6.20. The van der Waals surface area contributed by atoms with E-state index in [1.807, 2.05) is 19.1 Å². The van der Waals surface area contributed by atoms with Crippen LogP contribution < -0.4 is 5.32 Å². The molecule has 0 aliphatic carbocycles. The van der Waals surface area contributed by atoms with Crippen LogP contribution in [0.5, 0.6) is 0 Å². The van der Waals surface area contributed by atoms with Crippen molar-refractivity contribution in [3.05, 3.63) is 27.2 Å². The number of nitrogens with one attached hydrogen (secondary N) is 1. The van der Waals surface area contributed by atoms with Crippen molar-refractivity contribution in [2.45, 2.75) is 40.2 Å². The van der Waals surface area contributed by atoms with E-state index in [0.717, 1.165) is 38.1 Å². The molecule has 0 spiro atoms. The van der Waals surface area contributed by atoms with Crippen molar-refractivity contribution in [1.82, 2.24) is 0 Å². The topological polar surface area (TPSA) is 24.4 Å². The Morgan fingerprint density at radius 1 is 1.40 bits per heavy atom. The summed E-state index contributed by atoms with van der Waals surface area (Å²) in [6, 6.07) is 4.34. The van der Waals surface area contributed by atoms with Crippen LogP contribution in [0.3, 0.4) is 0 Å². The third-order valence-corrected chi connectivity index (χ3v) is 5.38. The first kappa shape index (κ1) is 16.2. The molecule has 0 saturated heterocycles. The van der Waals surface area contributed by atoms with Crippen LogP contribution in [0.2, 0.25) is 5.02 Å². The first-order valence-electron chi connectivity index (χ1n) is 6.70. The predicted octanol–water partition coefficient (Wildman–Crippen LogP) is 5.73. The van der Waals surface area contributed by atoms with Crippen LogP contribution in [0.15, 0.2) is 21.6 Å². The first-order chi connectivity index (χ1) is 9.27. The molecule has 110 valence electrons. The first-order valence-corrected chi connectivity index (χ1v) is 8.86. The standard InChI is InChI=1S/C15H20BrClN2S/c1-9-7-10(16)12(8-11(9)17)18-14-19-13(5-6-20-14)15(2,3)4/h7-8,13H,5-6H2,1-4H3,(H,18,19). The van der Waals surface area contributed by atoms with Crippen LogP contribution in [0.25, 0.3) is 0 Å². The summed E-state index contributed by atoms with van der Waals surface area (Å²) in [6.45, 7) is 8.73. The Morgan fingerprint density at radius 3 is 2.75 bits per heavy atom. The van der Waals surface area contributed by atoms with E-state index >= 15 is 0 Å². The number of hydrogen-bond donors (Lipinski definition) is 1. The molecule has 1 aliphatic rings. The van der Waals surface area contributed by atoms with Gasteiger partial charge in [0.1, 0.15) is 0 Å². The number of thioether (sulfide) groups is 1. The van der Waals surface area contributed by atoms with Gasteiger partial charge in [-0.1, -0.05) is 44.1 Å². The van der Waals surface area contributed by atoms with Crippen LogP contribution in [-0.2, 0) is 0 Å². The minimum atomic E-state index is 0.204. The number of halogens is 2. The number of hydrogen-bond acceptors (Lipinski definition) is 3. The molecule has 1 N–H and O–H groups in total. The fraction of sp³-hybridized carbons (Fsp3) is 0.533. The van der Waals surface area contributed by atoms with E-state index in [4.69, 9.17) is 16.6 Å². The molecule has 1 heterocycles.